The molecule has 0 fully saturated rings. The molecule has 1 unspecified atom stereocenters. The standard InChI is InChI=1S/2C12H27N.C11H9NO3S2/c2*1-4-7-10-13(11-8-5-2)12-9-6-3;13-9(14)5-6(11(15)16)10-12-7-3-1-2-4-8(7)17-10/h2*4-12H2,1-3H3;1-4,6H,5H2,(H,13,14)(H,15,16). The molecule has 6 nitrogen and oxygen atoms in total. The second-order valence-electron chi connectivity index (χ2n) is 11.3. The van der Waals surface area contributed by atoms with Crippen LogP contribution in [0, 0.1) is 0 Å². The molecule has 2 aromatic rings. The number of hydrogen-bond acceptors (Lipinski definition) is 6. The van der Waals surface area contributed by atoms with Crippen molar-refractivity contribution in [3.63, 3.8) is 0 Å². The fourth-order valence-electron chi connectivity index (χ4n) is 4.46. The van der Waals surface area contributed by atoms with Gasteiger partial charge in [0.1, 0.15) is 5.01 Å². The number of unbranched alkanes of at least 4 members (excludes halogenated alkanes) is 6. The Labute approximate surface area is 273 Å². The number of thiol groups is 1. The Morgan fingerprint density at radius 2 is 1.09 bits per heavy atom. The predicted octanol–water partition coefficient (Wildman–Crippen LogP) is 9.69. The first kappa shape index (κ1) is 41.5. The van der Waals surface area contributed by atoms with E-state index in [0.717, 1.165) is 10.2 Å². The molecular weight excluding hydrogens is 575 g/mol. The summed E-state index contributed by atoms with van der Waals surface area (Å²) in [5.41, 5.74) is 0.775. The first-order chi connectivity index (χ1) is 20.8. The topological polar surface area (TPSA) is 73.7 Å². The third-order valence-electron chi connectivity index (χ3n) is 7.25. The van der Waals surface area contributed by atoms with E-state index in [1.807, 2.05) is 24.3 Å². The Kier molecular flexibility index (Phi) is 27.1. The number of fused-ring (bicyclic) bond motifs is 1. The summed E-state index contributed by atoms with van der Waals surface area (Å²) in [7, 11) is 0. The molecule has 2 rings (SSSR count). The smallest absolute Gasteiger partial charge is 0.304 e. The van der Waals surface area contributed by atoms with Gasteiger partial charge >= 0.3 is 5.97 Å². The van der Waals surface area contributed by atoms with Crippen LogP contribution in [0.1, 0.15) is 136 Å². The van der Waals surface area contributed by atoms with Crippen LogP contribution in [-0.2, 0) is 9.59 Å². The number of hydrogen-bond donors (Lipinski definition) is 2. The molecule has 248 valence electrons. The minimum Gasteiger partial charge on any atom is -0.481 e. The van der Waals surface area contributed by atoms with Gasteiger partial charge in [-0.25, -0.2) is 4.98 Å². The average Bonchev–Trinajstić information content (AvgIpc) is 3.43. The summed E-state index contributed by atoms with van der Waals surface area (Å²) in [5.74, 6) is -1.80. The molecule has 1 heterocycles. The molecule has 43 heavy (non-hydrogen) atoms. The molecule has 0 amide bonds. The molecule has 1 aromatic carbocycles. The number of rotatable bonds is 22. The minimum atomic E-state index is -1.03. The number of benzene rings is 1. The fraction of sp³-hybridized carbons (Fsp3) is 0.743. The number of carboxylic acids is 1. The molecule has 1 N–H and O–H groups in total. The van der Waals surface area contributed by atoms with Crippen molar-refractivity contribution in [2.24, 2.45) is 0 Å². The van der Waals surface area contributed by atoms with Crippen molar-refractivity contribution in [2.75, 3.05) is 39.3 Å². The summed E-state index contributed by atoms with van der Waals surface area (Å²) in [5, 5.41) is 8.80. The van der Waals surface area contributed by atoms with Crippen LogP contribution < -0.4 is 0 Å². The van der Waals surface area contributed by atoms with E-state index in [1.165, 1.54) is 128 Å². The second-order valence-corrected chi connectivity index (χ2v) is 12.8. The molecular formula is C35H63N3O3S2. The molecule has 0 spiro atoms. The lowest BCUT2D eigenvalue weighted by molar-refractivity contribution is -0.138. The van der Waals surface area contributed by atoms with E-state index in [0.29, 0.717) is 5.01 Å². The van der Waals surface area contributed by atoms with Crippen LogP contribution >= 0.6 is 24.0 Å². The maximum absolute atomic E-state index is 11.3. The number of thiazole rings is 1. The summed E-state index contributed by atoms with van der Waals surface area (Å²) >= 11 is 5.06. The van der Waals surface area contributed by atoms with Crippen molar-refractivity contribution in [3.8, 4) is 0 Å². The van der Waals surface area contributed by atoms with Gasteiger partial charge < -0.3 is 14.9 Å². The number of carbonyl (C=O) groups is 2. The summed E-state index contributed by atoms with van der Waals surface area (Å²) in [6.45, 7) is 21.5. The first-order valence-electron chi connectivity index (χ1n) is 17.0. The number of nitrogens with zero attached hydrogens (tertiary/aromatic N) is 3. The van der Waals surface area contributed by atoms with Crippen LogP contribution in [0.4, 0.5) is 0 Å². The zero-order valence-electron chi connectivity index (χ0n) is 28.3. The van der Waals surface area contributed by atoms with E-state index >= 15 is 0 Å². The van der Waals surface area contributed by atoms with Crippen LogP contribution in [0.15, 0.2) is 24.3 Å². The van der Waals surface area contributed by atoms with Gasteiger partial charge in [-0.1, -0.05) is 92.2 Å². The van der Waals surface area contributed by atoms with Crippen LogP contribution in [0.2, 0.25) is 0 Å². The zero-order chi connectivity index (χ0) is 32.3. The number of carbonyl (C=O) groups excluding carboxylic acids is 1. The van der Waals surface area contributed by atoms with Crippen molar-refractivity contribution >= 4 is 45.3 Å². The van der Waals surface area contributed by atoms with Gasteiger partial charge in [-0.15, -0.1) is 24.0 Å². The third kappa shape index (κ3) is 21.0. The van der Waals surface area contributed by atoms with Crippen molar-refractivity contribution < 1.29 is 14.7 Å². The number of para-hydroxylation sites is 1. The quantitative estimate of drug-likeness (QED) is 0.125. The highest BCUT2D eigenvalue weighted by Gasteiger charge is 2.24. The Morgan fingerprint density at radius 1 is 0.721 bits per heavy atom. The number of carboxylic acid groups (broad SMARTS) is 1. The highest BCUT2D eigenvalue weighted by Crippen LogP contribution is 2.30. The maximum atomic E-state index is 11.3. The summed E-state index contributed by atoms with van der Waals surface area (Å²) in [6.07, 6.45) is 15.9. The summed E-state index contributed by atoms with van der Waals surface area (Å²) in [4.78, 5) is 31.6. The molecule has 8 heteroatoms. The Morgan fingerprint density at radius 3 is 1.40 bits per heavy atom. The molecule has 0 saturated heterocycles. The van der Waals surface area contributed by atoms with Crippen LogP contribution in [0.5, 0.6) is 0 Å². The lowest BCUT2D eigenvalue weighted by Crippen LogP contribution is -2.27. The van der Waals surface area contributed by atoms with Gasteiger partial charge in [0, 0.05) is 0 Å². The van der Waals surface area contributed by atoms with Gasteiger partial charge in [0.15, 0.2) is 5.12 Å². The Balaban J connectivity index is 0.000000627. The van der Waals surface area contributed by atoms with E-state index in [4.69, 9.17) is 5.11 Å². The van der Waals surface area contributed by atoms with E-state index < -0.39 is 17.0 Å². The van der Waals surface area contributed by atoms with E-state index in [9.17, 15) is 9.59 Å². The summed E-state index contributed by atoms with van der Waals surface area (Å²) < 4.78 is 0.937. The van der Waals surface area contributed by atoms with Crippen molar-refractivity contribution in [3.05, 3.63) is 29.3 Å². The van der Waals surface area contributed by atoms with Gasteiger partial charge in [0.05, 0.1) is 22.6 Å². The van der Waals surface area contributed by atoms with Gasteiger partial charge in [0.2, 0.25) is 0 Å². The molecule has 1 aromatic heterocycles. The molecule has 0 aliphatic heterocycles. The fourth-order valence-corrected chi connectivity index (χ4v) is 5.82. The van der Waals surface area contributed by atoms with Gasteiger partial charge in [-0.3, -0.25) is 9.59 Å². The van der Waals surface area contributed by atoms with E-state index in [-0.39, 0.29) is 6.42 Å². The largest absolute Gasteiger partial charge is 0.481 e. The Hall–Kier alpha value is -1.48. The SMILES string of the molecule is CCCCN(CCCC)CCCC.CCCCN(CCCC)CCCC.O=C(O)CC(C(=O)S)c1nc2ccccc2s1. The molecule has 0 saturated carbocycles. The monoisotopic (exact) mass is 637 g/mol. The van der Waals surface area contributed by atoms with E-state index in [1.54, 1.807) is 0 Å². The highest BCUT2D eigenvalue weighted by atomic mass is 32.1. The maximum Gasteiger partial charge on any atom is 0.304 e. The average molecular weight is 638 g/mol. The molecule has 0 bridgehead atoms. The van der Waals surface area contributed by atoms with Crippen LogP contribution in [0.3, 0.4) is 0 Å². The first-order valence-corrected chi connectivity index (χ1v) is 18.3. The Bertz CT molecular complexity index is 858. The number of aliphatic carboxylic acids is 1. The normalized spacial score (nSPS) is 11.7. The molecule has 0 aliphatic rings. The third-order valence-corrected chi connectivity index (χ3v) is 8.71. The van der Waals surface area contributed by atoms with Crippen LogP contribution in [-0.4, -0.2) is 70.2 Å². The lowest BCUT2D eigenvalue weighted by Gasteiger charge is -2.21. The summed E-state index contributed by atoms with van der Waals surface area (Å²) in [6, 6.07) is 7.44. The minimum absolute atomic E-state index is 0.276. The molecule has 0 radical (unpaired) electrons. The number of aromatic nitrogens is 1. The van der Waals surface area contributed by atoms with Crippen molar-refractivity contribution in [2.45, 2.75) is 131 Å². The second kappa shape index (κ2) is 28.0. The zero-order valence-corrected chi connectivity index (χ0v) is 30.0. The van der Waals surface area contributed by atoms with Crippen LogP contribution in [0.25, 0.3) is 10.2 Å². The van der Waals surface area contributed by atoms with Gasteiger partial charge in [-0.05, 0) is 89.9 Å². The van der Waals surface area contributed by atoms with E-state index in [2.05, 4.69) is 69.0 Å². The highest BCUT2D eigenvalue weighted by molar-refractivity contribution is 7.96. The van der Waals surface area contributed by atoms with Crippen molar-refractivity contribution in [1.82, 2.24) is 14.8 Å². The molecule has 0 aliphatic carbocycles. The van der Waals surface area contributed by atoms with Gasteiger partial charge in [-0.2, -0.15) is 0 Å². The molecule has 1 atom stereocenters. The lowest BCUT2D eigenvalue weighted by atomic mass is 10.1. The van der Waals surface area contributed by atoms with Gasteiger partial charge in [0.25, 0.3) is 0 Å². The van der Waals surface area contributed by atoms with Crippen molar-refractivity contribution in [1.29, 1.82) is 0 Å². The predicted molar refractivity (Wildman–Crippen MR) is 191 cm³/mol.